The molecule has 0 bridgehead atoms. The van der Waals surface area contributed by atoms with Crippen LogP contribution in [0.4, 0.5) is 0 Å². The Morgan fingerprint density at radius 3 is 2.78 bits per heavy atom. The molecule has 0 unspecified atom stereocenters. The molecule has 9 heavy (non-hydrogen) atoms. The van der Waals surface area contributed by atoms with Crippen LogP contribution in [0.25, 0.3) is 0 Å². The molecule has 0 heterocycles. The predicted octanol–water partition coefficient (Wildman–Crippen LogP) is 1.09. The molecule has 0 rings (SSSR count). The second-order valence-corrected chi connectivity index (χ2v) is 1.84. The van der Waals surface area contributed by atoms with Gasteiger partial charge in [-0.25, -0.2) is 0 Å². The van der Waals surface area contributed by atoms with Gasteiger partial charge < -0.3 is 5.32 Å². The maximum atomic E-state index is 10.3. The smallest absolute Gasteiger partial charge is 0.216 e. The Morgan fingerprint density at radius 2 is 2.33 bits per heavy atom. The number of hydrogen-bond donors (Lipinski definition) is 1. The van der Waals surface area contributed by atoms with Gasteiger partial charge in [-0.15, -0.1) is 0 Å². The van der Waals surface area contributed by atoms with Gasteiger partial charge in [0.05, 0.1) is 0 Å². The van der Waals surface area contributed by atoms with E-state index in [-0.39, 0.29) is 5.91 Å². The zero-order valence-corrected chi connectivity index (χ0v) is 5.98. The standard InChI is InChI=1S/C7H13NO/c1-3-4-5-6-8-7(2)9/h3-4H,5-6H2,1-2H3,(H,8,9)/b4-3+. The van der Waals surface area contributed by atoms with Crippen LogP contribution in [0.2, 0.25) is 0 Å². The number of nitrogens with one attached hydrogen (secondary N) is 1. The van der Waals surface area contributed by atoms with E-state index in [1.165, 1.54) is 6.92 Å². The van der Waals surface area contributed by atoms with E-state index in [9.17, 15) is 4.79 Å². The van der Waals surface area contributed by atoms with Crippen LogP contribution in [-0.2, 0) is 4.79 Å². The number of allylic oxidation sites excluding steroid dienone is 1. The molecular formula is C7H13NO. The highest BCUT2D eigenvalue weighted by Gasteiger charge is 1.84. The average molecular weight is 127 g/mol. The van der Waals surface area contributed by atoms with Crippen molar-refractivity contribution in [1.82, 2.24) is 5.32 Å². The molecule has 0 aromatic rings. The number of carbonyl (C=O) groups excluding carboxylic acids is 1. The number of rotatable bonds is 3. The molecule has 0 aliphatic heterocycles. The molecule has 0 radical (unpaired) electrons. The molecule has 52 valence electrons. The van der Waals surface area contributed by atoms with Gasteiger partial charge in [0.1, 0.15) is 0 Å². The molecule has 0 aliphatic carbocycles. The Hall–Kier alpha value is -0.790. The van der Waals surface area contributed by atoms with Gasteiger partial charge in [0.2, 0.25) is 5.91 Å². The van der Waals surface area contributed by atoms with Gasteiger partial charge in [-0.1, -0.05) is 12.2 Å². The first-order chi connectivity index (χ1) is 4.27. The topological polar surface area (TPSA) is 29.1 Å². The van der Waals surface area contributed by atoms with Crippen molar-refractivity contribution in [2.24, 2.45) is 0 Å². The summed E-state index contributed by atoms with van der Waals surface area (Å²) in [7, 11) is 0. The summed E-state index contributed by atoms with van der Waals surface area (Å²) in [6, 6.07) is 0. The lowest BCUT2D eigenvalue weighted by Crippen LogP contribution is -2.20. The van der Waals surface area contributed by atoms with Crippen molar-refractivity contribution in [1.29, 1.82) is 0 Å². The summed E-state index contributed by atoms with van der Waals surface area (Å²) in [6.45, 7) is 4.24. The van der Waals surface area contributed by atoms with Crippen molar-refractivity contribution < 1.29 is 4.79 Å². The van der Waals surface area contributed by atoms with E-state index in [1.54, 1.807) is 0 Å². The second kappa shape index (κ2) is 5.35. The van der Waals surface area contributed by atoms with Crippen LogP contribution in [-0.4, -0.2) is 12.5 Å². The van der Waals surface area contributed by atoms with Crippen LogP contribution in [0.5, 0.6) is 0 Å². The molecule has 0 saturated heterocycles. The van der Waals surface area contributed by atoms with Gasteiger partial charge in [0.15, 0.2) is 0 Å². The van der Waals surface area contributed by atoms with Gasteiger partial charge in [0, 0.05) is 13.5 Å². The number of amides is 1. The van der Waals surface area contributed by atoms with Crippen molar-refractivity contribution in [2.45, 2.75) is 20.3 Å². The van der Waals surface area contributed by atoms with Crippen molar-refractivity contribution in [3.63, 3.8) is 0 Å². The van der Waals surface area contributed by atoms with E-state index in [4.69, 9.17) is 0 Å². The van der Waals surface area contributed by atoms with Crippen LogP contribution < -0.4 is 5.32 Å². The Morgan fingerprint density at radius 1 is 1.67 bits per heavy atom. The van der Waals surface area contributed by atoms with Crippen LogP contribution in [0.15, 0.2) is 12.2 Å². The minimum absolute atomic E-state index is 0.0412. The van der Waals surface area contributed by atoms with Crippen LogP contribution >= 0.6 is 0 Å². The maximum absolute atomic E-state index is 10.3. The number of carbonyl (C=O) groups is 1. The van der Waals surface area contributed by atoms with E-state index in [0.717, 1.165) is 13.0 Å². The van der Waals surface area contributed by atoms with E-state index in [1.807, 2.05) is 19.1 Å². The van der Waals surface area contributed by atoms with Gasteiger partial charge in [-0.3, -0.25) is 4.79 Å². The normalized spacial score (nSPS) is 10.0. The third-order valence-corrected chi connectivity index (χ3v) is 0.921. The molecule has 0 atom stereocenters. The zero-order valence-electron chi connectivity index (χ0n) is 5.98. The third kappa shape index (κ3) is 7.21. The second-order valence-electron chi connectivity index (χ2n) is 1.84. The zero-order chi connectivity index (χ0) is 7.11. The third-order valence-electron chi connectivity index (χ3n) is 0.921. The predicted molar refractivity (Wildman–Crippen MR) is 38.1 cm³/mol. The lowest BCUT2D eigenvalue weighted by molar-refractivity contribution is -0.118. The molecule has 1 N–H and O–H groups in total. The summed E-state index contributed by atoms with van der Waals surface area (Å²) < 4.78 is 0. The fraction of sp³-hybridized carbons (Fsp3) is 0.571. The highest BCUT2D eigenvalue weighted by molar-refractivity contribution is 5.72. The van der Waals surface area contributed by atoms with Crippen LogP contribution in [0, 0.1) is 0 Å². The van der Waals surface area contributed by atoms with Gasteiger partial charge in [-0.05, 0) is 13.3 Å². The summed E-state index contributed by atoms with van der Waals surface area (Å²) >= 11 is 0. The molecule has 0 fully saturated rings. The summed E-state index contributed by atoms with van der Waals surface area (Å²) in [6.07, 6.45) is 4.92. The largest absolute Gasteiger partial charge is 0.356 e. The number of hydrogen-bond acceptors (Lipinski definition) is 1. The highest BCUT2D eigenvalue weighted by Crippen LogP contribution is 1.78. The Labute approximate surface area is 56.0 Å². The lowest BCUT2D eigenvalue weighted by Gasteiger charge is -1.95. The van der Waals surface area contributed by atoms with Crippen molar-refractivity contribution >= 4 is 5.91 Å². The summed E-state index contributed by atoms with van der Waals surface area (Å²) in [5.41, 5.74) is 0. The minimum Gasteiger partial charge on any atom is -0.356 e. The minimum atomic E-state index is 0.0412. The van der Waals surface area contributed by atoms with Gasteiger partial charge in [-0.2, -0.15) is 0 Å². The van der Waals surface area contributed by atoms with E-state index in [2.05, 4.69) is 5.32 Å². The monoisotopic (exact) mass is 127 g/mol. The van der Waals surface area contributed by atoms with Crippen LogP contribution in [0.1, 0.15) is 20.3 Å². The first kappa shape index (κ1) is 8.21. The van der Waals surface area contributed by atoms with E-state index in [0.29, 0.717) is 0 Å². The fourth-order valence-corrected chi connectivity index (χ4v) is 0.498. The molecule has 1 amide bonds. The first-order valence-electron chi connectivity index (χ1n) is 3.13. The molecule has 0 spiro atoms. The molecule has 2 nitrogen and oxygen atoms in total. The molecule has 0 aromatic carbocycles. The first-order valence-corrected chi connectivity index (χ1v) is 3.13. The molecule has 0 saturated carbocycles. The Bertz CT molecular complexity index is 107. The van der Waals surface area contributed by atoms with Crippen molar-refractivity contribution in [3.05, 3.63) is 12.2 Å². The molecule has 0 aliphatic rings. The summed E-state index contributed by atoms with van der Waals surface area (Å²) in [4.78, 5) is 10.3. The van der Waals surface area contributed by atoms with Gasteiger partial charge >= 0.3 is 0 Å². The lowest BCUT2D eigenvalue weighted by atomic mass is 10.4. The fourth-order valence-electron chi connectivity index (χ4n) is 0.498. The van der Waals surface area contributed by atoms with E-state index >= 15 is 0 Å². The molecule has 0 aromatic heterocycles. The average Bonchev–Trinajstić information content (AvgIpc) is 1.80. The maximum Gasteiger partial charge on any atom is 0.216 e. The van der Waals surface area contributed by atoms with E-state index < -0.39 is 0 Å². The SMILES string of the molecule is C/C=C/CCNC(C)=O. The van der Waals surface area contributed by atoms with Crippen molar-refractivity contribution in [3.8, 4) is 0 Å². The summed E-state index contributed by atoms with van der Waals surface area (Å²) in [5, 5.41) is 2.69. The van der Waals surface area contributed by atoms with Crippen molar-refractivity contribution in [2.75, 3.05) is 6.54 Å². The quantitative estimate of drug-likeness (QED) is 0.446. The molecule has 2 heteroatoms. The summed E-state index contributed by atoms with van der Waals surface area (Å²) in [5.74, 6) is 0.0412. The Balaban J connectivity index is 3.01. The van der Waals surface area contributed by atoms with Gasteiger partial charge in [0.25, 0.3) is 0 Å². The van der Waals surface area contributed by atoms with Crippen LogP contribution in [0.3, 0.4) is 0 Å². The highest BCUT2D eigenvalue weighted by atomic mass is 16.1. The Kier molecular flexibility index (Phi) is 4.88. The molecular weight excluding hydrogens is 114 g/mol.